The second-order valence-electron chi connectivity index (χ2n) is 8.97. The Balaban J connectivity index is 2.07. The molecule has 168 valence electrons. The lowest BCUT2D eigenvalue weighted by molar-refractivity contribution is -0.142. The zero-order valence-corrected chi connectivity index (χ0v) is 19.0. The molecule has 0 spiro atoms. The first-order chi connectivity index (χ1) is 15.8. The van der Waals surface area contributed by atoms with E-state index < -0.39 is 5.41 Å². The number of hydrogen-bond acceptors (Lipinski definition) is 5. The fourth-order valence-corrected chi connectivity index (χ4v) is 3.78. The molecule has 0 aliphatic rings. The zero-order valence-electron chi connectivity index (χ0n) is 19.0. The van der Waals surface area contributed by atoms with Gasteiger partial charge in [0.2, 0.25) is 0 Å². The van der Waals surface area contributed by atoms with E-state index in [1.165, 1.54) is 0 Å². The van der Waals surface area contributed by atoms with E-state index in [4.69, 9.17) is 9.84 Å². The Kier molecular flexibility index (Phi) is 6.16. The molecular weight excluding hydrogens is 414 g/mol. The lowest BCUT2D eigenvalue weighted by Crippen LogP contribution is -2.25. The number of carbonyl (C=O) groups excluding carboxylic acids is 1. The molecule has 4 rings (SSSR count). The number of fused-ring (bicyclic) bond motifs is 2. The first-order valence-electron chi connectivity index (χ1n) is 10.9. The van der Waals surface area contributed by atoms with Crippen molar-refractivity contribution in [3.63, 3.8) is 0 Å². The highest BCUT2D eigenvalue weighted by Crippen LogP contribution is 2.46. The Morgan fingerprint density at radius 1 is 0.939 bits per heavy atom. The summed E-state index contributed by atoms with van der Waals surface area (Å²) in [6, 6.07) is 21.1. The molecule has 5 heteroatoms. The topological polar surface area (TPSA) is 79.1 Å². The number of aliphatic hydroxyl groups excluding tert-OH is 1. The van der Waals surface area contributed by atoms with E-state index in [2.05, 4.69) is 4.99 Å². The molecule has 0 aromatic heterocycles. The van der Waals surface area contributed by atoms with Gasteiger partial charge in [-0.3, -0.25) is 9.79 Å². The summed E-state index contributed by atoms with van der Waals surface area (Å²) >= 11 is 0. The summed E-state index contributed by atoms with van der Waals surface area (Å²) < 4.78 is 5.90. The van der Waals surface area contributed by atoms with Crippen molar-refractivity contribution < 1.29 is 19.7 Å². The number of benzene rings is 4. The van der Waals surface area contributed by atoms with Gasteiger partial charge in [-0.1, -0.05) is 54.6 Å². The van der Waals surface area contributed by atoms with Gasteiger partial charge in [-0.05, 0) is 54.4 Å². The summed E-state index contributed by atoms with van der Waals surface area (Å²) in [6.07, 6.45) is 1.56. The second-order valence-corrected chi connectivity index (χ2v) is 8.97. The molecule has 0 fully saturated rings. The summed E-state index contributed by atoms with van der Waals surface area (Å²) in [5.74, 6) is 0.0711. The smallest absolute Gasteiger partial charge is 0.316 e. The Bertz CT molecular complexity index is 1370. The van der Waals surface area contributed by atoms with Gasteiger partial charge in [0.25, 0.3) is 0 Å². The van der Waals surface area contributed by atoms with Gasteiger partial charge in [0.05, 0.1) is 18.6 Å². The summed E-state index contributed by atoms with van der Waals surface area (Å²) in [5, 5.41) is 24.1. The monoisotopic (exact) mass is 441 g/mol. The van der Waals surface area contributed by atoms with Crippen LogP contribution in [0.4, 0.5) is 0 Å². The number of esters is 1. The molecule has 0 unspecified atom stereocenters. The quantitative estimate of drug-likeness (QED) is 0.236. The number of hydrogen-bond donors (Lipinski definition) is 2. The van der Waals surface area contributed by atoms with Crippen LogP contribution in [-0.2, 0) is 4.79 Å². The fourth-order valence-electron chi connectivity index (χ4n) is 3.78. The van der Waals surface area contributed by atoms with E-state index in [0.717, 1.165) is 21.5 Å². The van der Waals surface area contributed by atoms with Crippen LogP contribution in [0.5, 0.6) is 11.5 Å². The number of phenolic OH excluding ortho intramolecular Hbond substituents is 1. The Morgan fingerprint density at radius 3 is 2.24 bits per heavy atom. The third-order valence-electron chi connectivity index (χ3n) is 5.47. The maximum Gasteiger partial charge on any atom is 0.316 e. The van der Waals surface area contributed by atoms with Gasteiger partial charge in [0.15, 0.2) is 0 Å². The van der Waals surface area contributed by atoms with Crippen LogP contribution in [0.1, 0.15) is 26.3 Å². The Labute approximate surface area is 193 Å². The number of aliphatic imine (C=N–C) groups is 1. The maximum atomic E-state index is 12.8. The number of ether oxygens (including phenoxy) is 1. The predicted octanol–water partition coefficient (Wildman–Crippen LogP) is 5.73. The molecule has 5 nitrogen and oxygen atoms in total. The van der Waals surface area contributed by atoms with Gasteiger partial charge >= 0.3 is 5.97 Å². The molecular formula is C28H27NO4. The molecule has 0 radical (unpaired) electrons. The van der Waals surface area contributed by atoms with Crippen molar-refractivity contribution >= 4 is 33.7 Å². The number of carbonyl (C=O) groups is 1. The minimum Gasteiger partial charge on any atom is -0.507 e. The van der Waals surface area contributed by atoms with Crippen molar-refractivity contribution in [1.82, 2.24) is 0 Å². The highest BCUT2D eigenvalue weighted by molar-refractivity contribution is 6.12. The number of nitrogens with zero attached hydrogens (tertiary/aromatic N) is 1. The lowest BCUT2D eigenvalue weighted by Gasteiger charge is -2.21. The molecule has 33 heavy (non-hydrogen) atoms. The molecule has 4 aromatic carbocycles. The lowest BCUT2D eigenvalue weighted by atomic mass is 9.90. The molecule has 0 heterocycles. The summed E-state index contributed by atoms with van der Waals surface area (Å²) in [6.45, 7) is 5.59. The van der Waals surface area contributed by atoms with Gasteiger partial charge in [0, 0.05) is 22.9 Å². The van der Waals surface area contributed by atoms with Crippen LogP contribution in [0.2, 0.25) is 0 Å². The van der Waals surface area contributed by atoms with Crippen molar-refractivity contribution in [2.45, 2.75) is 20.8 Å². The van der Waals surface area contributed by atoms with Gasteiger partial charge in [-0.25, -0.2) is 0 Å². The Morgan fingerprint density at radius 2 is 1.58 bits per heavy atom. The van der Waals surface area contributed by atoms with Crippen molar-refractivity contribution in [3.05, 3.63) is 72.3 Å². The van der Waals surface area contributed by atoms with E-state index in [1.54, 1.807) is 33.1 Å². The van der Waals surface area contributed by atoms with Crippen LogP contribution in [0.15, 0.2) is 71.7 Å². The Hall–Kier alpha value is -3.70. The van der Waals surface area contributed by atoms with Crippen molar-refractivity contribution in [1.29, 1.82) is 0 Å². The van der Waals surface area contributed by atoms with Gasteiger partial charge in [-0.15, -0.1) is 0 Å². The van der Waals surface area contributed by atoms with Crippen molar-refractivity contribution in [2.24, 2.45) is 10.4 Å². The number of aromatic hydroxyl groups is 1. The van der Waals surface area contributed by atoms with Gasteiger partial charge in [-0.2, -0.15) is 0 Å². The molecule has 0 saturated carbocycles. The molecule has 2 N–H and O–H groups in total. The van der Waals surface area contributed by atoms with E-state index in [0.29, 0.717) is 22.4 Å². The van der Waals surface area contributed by atoms with Crippen LogP contribution in [0.3, 0.4) is 0 Å². The summed E-state index contributed by atoms with van der Waals surface area (Å²) in [4.78, 5) is 17.0. The van der Waals surface area contributed by atoms with E-state index in [9.17, 15) is 9.90 Å². The molecule has 0 atom stereocenters. The molecule has 0 aliphatic heterocycles. The maximum absolute atomic E-state index is 12.8. The predicted molar refractivity (Wildman–Crippen MR) is 133 cm³/mol. The second kappa shape index (κ2) is 9.04. The highest BCUT2D eigenvalue weighted by Gasteiger charge is 2.27. The minimum absolute atomic E-state index is 0.0415. The molecule has 0 aliphatic carbocycles. The number of rotatable bonds is 5. The zero-order chi connectivity index (χ0) is 23.6. The number of aliphatic hydroxyl groups is 1. The van der Waals surface area contributed by atoms with Crippen LogP contribution >= 0.6 is 0 Å². The van der Waals surface area contributed by atoms with E-state index in [-0.39, 0.29) is 24.9 Å². The first kappa shape index (κ1) is 22.5. The van der Waals surface area contributed by atoms with E-state index in [1.807, 2.05) is 60.7 Å². The first-order valence-corrected chi connectivity index (χ1v) is 10.9. The molecule has 0 amide bonds. The highest BCUT2D eigenvalue weighted by atomic mass is 16.5. The SMILES string of the molecule is CC(C)(C)C(=O)Oc1ccc2ccccc2c1-c1c(O)c(C=NCCO)cc2ccccc12. The minimum atomic E-state index is -0.689. The average molecular weight is 442 g/mol. The van der Waals surface area contributed by atoms with Crippen LogP contribution < -0.4 is 4.74 Å². The standard InChI is InChI=1S/C28H27NO4/c1-28(2,3)27(32)33-23-13-12-18-8-4-6-10-21(18)24(23)25-22-11-7-5-9-19(22)16-20(26(25)31)17-29-14-15-30/h4-13,16-17,30-31H,14-15H2,1-3H3. The van der Waals surface area contributed by atoms with Crippen LogP contribution in [0, 0.1) is 5.41 Å². The normalized spacial score (nSPS) is 12.0. The van der Waals surface area contributed by atoms with Gasteiger partial charge in [0.1, 0.15) is 11.5 Å². The number of phenols is 1. The molecule has 4 aromatic rings. The summed E-state index contributed by atoms with van der Waals surface area (Å²) in [5.41, 5.74) is 1.06. The van der Waals surface area contributed by atoms with Crippen LogP contribution in [0.25, 0.3) is 32.7 Å². The third-order valence-corrected chi connectivity index (χ3v) is 5.47. The van der Waals surface area contributed by atoms with Crippen molar-refractivity contribution in [3.8, 4) is 22.6 Å². The summed E-state index contributed by atoms with van der Waals surface area (Å²) in [7, 11) is 0. The average Bonchev–Trinajstić information content (AvgIpc) is 2.79. The third kappa shape index (κ3) is 4.45. The molecule has 0 bridgehead atoms. The van der Waals surface area contributed by atoms with E-state index >= 15 is 0 Å². The van der Waals surface area contributed by atoms with Gasteiger partial charge < -0.3 is 14.9 Å². The largest absolute Gasteiger partial charge is 0.507 e. The van der Waals surface area contributed by atoms with Crippen LogP contribution in [-0.4, -0.2) is 35.5 Å². The molecule has 0 saturated heterocycles. The van der Waals surface area contributed by atoms with Crippen molar-refractivity contribution in [2.75, 3.05) is 13.2 Å². The fraction of sp³-hybridized carbons (Fsp3) is 0.214.